The van der Waals surface area contributed by atoms with Gasteiger partial charge in [0.05, 0.1) is 38.4 Å². The maximum Gasteiger partial charge on any atom is 0.323 e. The summed E-state index contributed by atoms with van der Waals surface area (Å²) in [5.41, 5.74) is 7.03. The first-order valence-corrected chi connectivity index (χ1v) is 11.9. The molecule has 0 spiro atoms. The van der Waals surface area contributed by atoms with Gasteiger partial charge in [-0.15, -0.1) is 0 Å². The third-order valence-electron chi connectivity index (χ3n) is 5.22. The minimum Gasteiger partial charge on any atom is -0.468 e. The third-order valence-corrected chi connectivity index (χ3v) is 7.40. The van der Waals surface area contributed by atoms with Crippen molar-refractivity contribution in [3.8, 4) is 5.75 Å². The third kappa shape index (κ3) is 4.74. The number of nitrogens with one attached hydrogen (secondary N) is 1. The minimum atomic E-state index is -3.52. The van der Waals surface area contributed by atoms with Gasteiger partial charge in [0.1, 0.15) is 23.6 Å². The van der Waals surface area contributed by atoms with Gasteiger partial charge < -0.3 is 24.3 Å². The Labute approximate surface area is 184 Å². The van der Waals surface area contributed by atoms with Crippen LogP contribution in [0.25, 0.3) is 11.2 Å². The smallest absolute Gasteiger partial charge is 0.323 e. The average molecular weight is 460 g/mol. The minimum absolute atomic E-state index is 0.0671. The molecule has 1 fully saturated rings. The molecule has 4 atom stereocenters. The van der Waals surface area contributed by atoms with E-state index in [2.05, 4.69) is 20.0 Å². The second kappa shape index (κ2) is 9.23. The molecular formula is C20H25N6O5P. The summed E-state index contributed by atoms with van der Waals surface area (Å²) >= 11 is 0. The summed E-state index contributed by atoms with van der Waals surface area (Å²) in [5, 5.41) is 2.83. The van der Waals surface area contributed by atoms with Crippen LogP contribution in [0, 0.1) is 0 Å². The first kappa shape index (κ1) is 22.2. The van der Waals surface area contributed by atoms with Gasteiger partial charge >= 0.3 is 13.5 Å². The summed E-state index contributed by atoms with van der Waals surface area (Å²) in [7, 11) is -2.24. The molecule has 1 saturated heterocycles. The molecule has 0 saturated carbocycles. The van der Waals surface area contributed by atoms with Crippen LogP contribution in [-0.2, 0) is 18.8 Å². The summed E-state index contributed by atoms with van der Waals surface area (Å²) in [4.78, 5) is 24.5. The molecule has 2 aromatic heterocycles. The molecule has 12 heteroatoms. The fourth-order valence-corrected chi connectivity index (χ4v) is 5.89. The lowest BCUT2D eigenvalue weighted by Gasteiger charge is -2.25. The molecule has 1 aromatic carbocycles. The van der Waals surface area contributed by atoms with Gasteiger partial charge in [0.25, 0.3) is 0 Å². The fraction of sp³-hybridized carbons (Fsp3) is 0.400. The summed E-state index contributed by atoms with van der Waals surface area (Å²) in [6.45, 7) is 1.96. The fourth-order valence-electron chi connectivity index (χ4n) is 3.71. The van der Waals surface area contributed by atoms with E-state index >= 15 is 0 Å². The van der Waals surface area contributed by atoms with Gasteiger partial charge in [0.15, 0.2) is 11.5 Å². The SMILES string of the molecule is COC(=O)[C@H](C)NP(=O)(C[C@H]1C[C@@H](n2cnc3c(N)ncnc32)CO1)Oc1ccccc1. The maximum atomic E-state index is 13.7. The van der Waals surface area contributed by atoms with E-state index in [1.54, 1.807) is 37.5 Å². The number of esters is 1. The van der Waals surface area contributed by atoms with E-state index in [9.17, 15) is 9.36 Å². The molecule has 1 unspecified atom stereocenters. The first-order valence-electron chi connectivity index (χ1n) is 10.1. The molecule has 0 aliphatic carbocycles. The molecule has 3 N–H and O–H groups in total. The van der Waals surface area contributed by atoms with Crippen molar-refractivity contribution in [3.63, 3.8) is 0 Å². The van der Waals surface area contributed by atoms with Crippen LogP contribution < -0.4 is 15.3 Å². The van der Waals surface area contributed by atoms with Gasteiger partial charge in [0.2, 0.25) is 0 Å². The van der Waals surface area contributed by atoms with E-state index in [0.29, 0.717) is 35.8 Å². The van der Waals surface area contributed by atoms with Crippen molar-refractivity contribution < 1.29 is 23.4 Å². The molecule has 32 heavy (non-hydrogen) atoms. The molecule has 1 aliphatic rings. The largest absolute Gasteiger partial charge is 0.468 e. The van der Waals surface area contributed by atoms with Crippen LogP contribution in [0.4, 0.5) is 5.82 Å². The summed E-state index contributed by atoms with van der Waals surface area (Å²) in [5.74, 6) is 0.211. The van der Waals surface area contributed by atoms with Crippen LogP contribution in [0.15, 0.2) is 43.0 Å². The van der Waals surface area contributed by atoms with Gasteiger partial charge in [0, 0.05) is 0 Å². The van der Waals surface area contributed by atoms with Gasteiger partial charge in [-0.2, -0.15) is 0 Å². The molecule has 170 valence electrons. The molecule has 11 nitrogen and oxygen atoms in total. The van der Waals surface area contributed by atoms with Crippen molar-refractivity contribution in [1.29, 1.82) is 0 Å². The molecular weight excluding hydrogens is 435 g/mol. The number of rotatable bonds is 8. The highest BCUT2D eigenvalue weighted by atomic mass is 31.2. The first-order chi connectivity index (χ1) is 15.4. The van der Waals surface area contributed by atoms with Crippen LogP contribution in [0.3, 0.4) is 0 Å². The van der Waals surface area contributed by atoms with E-state index in [1.165, 1.54) is 13.4 Å². The Hall–Kier alpha value is -3.01. The Morgan fingerprint density at radius 3 is 2.88 bits per heavy atom. The zero-order valence-corrected chi connectivity index (χ0v) is 18.6. The number of aromatic nitrogens is 4. The quantitative estimate of drug-likeness (QED) is 0.379. The number of carbonyl (C=O) groups excluding carboxylic acids is 1. The molecule has 4 rings (SSSR count). The van der Waals surface area contributed by atoms with Crippen LogP contribution in [-0.4, -0.2) is 57.5 Å². The van der Waals surface area contributed by atoms with E-state index in [-0.39, 0.29) is 18.3 Å². The van der Waals surface area contributed by atoms with E-state index in [4.69, 9.17) is 19.7 Å². The molecule has 1 aliphatic heterocycles. The lowest BCUT2D eigenvalue weighted by molar-refractivity contribution is -0.142. The number of carbonyl (C=O) groups is 1. The lowest BCUT2D eigenvalue weighted by Crippen LogP contribution is -2.36. The van der Waals surface area contributed by atoms with Gasteiger partial charge in [-0.25, -0.2) is 20.0 Å². The van der Waals surface area contributed by atoms with E-state index < -0.39 is 19.5 Å². The number of benzene rings is 1. The summed E-state index contributed by atoms with van der Waals surface area (Å²) in [6.07, 6.45) is 3.31. The highest BCUT2D eigenvalue weighted by Gasteiger charge is 2.38. The Balaban J connectivity index is 1.51. The topological polar surface area (TPSA) is 143 Å². The van der Waals surface area contributed by atoms with Crippen molar-refractivity contribution in [2.75, 3.05) is 25.6 Å². The Morgan fingerprint density at radius 1 is 1.34 bits per heavy atom. The van der Waals surface area contributed by atoms with Crippen molar-refractivity contribution in [1.82, 2.24) is 24.6 Å². The number of nitrogens with two attached hydrogens (primary N) is 1. The maximum absolute atomic E-state index is 13.7. The monoisotopic (exact) mass is 460 g/mol. The lowest BCUT2D eigenvalue weighted by atomic mass is 10.2. The molecule has 0 radical (unpaired) electrons. The number of hydrogen-bond acceptors (Lipinski definition) is 9. The Kier molecular flexibility index (Phi) is 6.40. The second-order valence-electron chi connectivity index (χ2n) is 7.56. The number of anilines is 1. The number of nitrogens with zero attached hydrogens (tertiary/aromatic N) is 4. The average Bonchev–Trinajstić information content (AvgIpc) is 3.41. The van der Waals surface area contributed by atoms with Crippen molar-refractivity contribution in [2.45, 2.75) is 31.5 Å². The number of hydrogen-bond donors (Lipinski definition) is 2. The number of fused-ring (bicyclic) bond motifs is 1. The Morgan fingerprint density at radius 2 is 2.12 bits per heavy atom. The van der Waals surface area contributed by atoms with Crippen molar-refractivity contribution in [2.24, 2.45) is 0 Å². The van der Waals surface area contributed by atoms with Crippen molar-refractivity contribution >= 4 is 30.5 Å². The summed E-state index contributed by atoms with van der Waals surface area (Å²) < 4.78 is 32.2. The zero-order valence-electron chi connectivity index (χ0n) is 17.7. The van der Waals surface area contributed by atoms with Gasteiger partial charge in [-0.3, -0.25) is 9.36 Å². The number of methoxy groups -OCH3 is 1. The van der Waals surface area contributed by atoms with E-state index in [1.807, 2.05) is 10.6 Å². The summed E-state index contributed by atoms with van der Waals surface area (Å²) in [6, 6.07) is 7.92. The number of nitrogen functional groups attached to an aromatic ring is 1. The molecule has 3 aromatic rings. The van der Waals surface area contributed by atoms with Gasteiger partial charge in [-0.1, -0.05) is 18.2 Å². The van der Waals surface area contributed by atoms with Crippen molar-refractivity contribution in [3.05, 3.63) is 43.0 Å². The molecule has 0 bridgehead atoms. The van der Waals surface area contributed by atoms with Crippen LogP contribution in [0.5, 0.6) is 5.75 Å². The van der Waals surface area contributed by atoms with Gasteiger partial charge in [-0.05, 0) is 25.5 Å². The van der Waals surface area contributed by atoms with Crippen LogP contribution in [0.1, 0.15) is 19.4 Å². The highest BCUT2D eigenvalue weighted by molar-refractivity contribution is 7.57. The molecule has 0 amide bonds. The predicted octanol–water partition coefficient (Wildman–Crippen LogP) is 2.16. The van der Waals surface area contributed by atoms with E-state index in [0.717, 1.165) is 0 Å². The number of ether oxygens (including phenoxy) is 2. The number of imidazole rings is 1. The standard InChI is InChI=1S/C20H25N6O5P/c1-13(20(27)29-2)25-32(28,31-15-6-4-3-5-7-15)10-16-8-14(9-30-16)26-12-24-17-18(21)22-11-23-19(17)26/h3-7,11-14,16H,8-10H2,1-2H3,(H,25,28)(H2,21,22,23)/t13-,14+,16+,32?/m0/s1. The molecule has 3 heterocycles. The highest BCUT2D eigenvalue weighted by Crippen LogP contribution is 2.46. The predicted molar refractivity (Wildman–Crippen MR) is 117 cm³/mol. The zero-order chi connectivity index (χ0) is 22.7. The Bertz CT molecular complexity index is 1140. The normalized spacial score (nSPS) is 21.2. The number of para-hydroxylation sites is 1. The second-order valence-corrected chi connectivity index (χ2v) is 9.71. The van der Waals surface area contributed by atoms with Crippen LogP contribution >= 0.6 is 7.52 Å². The van der Waals surface area contributed by atoms with Crippen LogP contribution in [0.2, 0.25) is 0 Å².